The van der Waals surface area contributed by atoms with Crippen molar-refractivity contribution in [1.82, 2.24) is 10.6 Å². The fourth-order valence-corrected chi connectivity index (χ4v) is 2.48. The van der Waals surface area contributed by atoms with E-state index < -0.39 is 0 Å². The topological polar surface area (TPSA) is 42.5 Å². The highest BCUT2D eigenvalue weighted by Crippen LogP contribution is 2.32. The SMILES string of the molecule is CCOc1cccc(CNCCCNC)c1OCc1ccccc1. The van der Waals surface area contributed by atoms with Gasteiger partial charge in [0.25, 0.3) is 0 Å². The van der Waals surface area contributed by atoms with E-state index in [2.05, 4.69) is 28.8 Å². The van der Waals surface area contributed by atoms with Crippen molar-refractivity contribution in [2.45, 2.75) is 26.5 Å². The molecule has 0 aromatic heterocycles. The molecule has 24 heavy (non-hydrogen) atoms. The quantitative estimate of drug-likeness (QED) is 0.621. The van der Waals surface area contributed by atoms with Gasteiger partial charge in [0.1, 0.15) is 6.61 Å². The Balaban J connectivity index is 2.03. The molecule has 0 radical (unpaired) electrons. The number of benzene rings is 2. The van der Waals surface area contributed by atoms with E-state index in [4.69, 9.17) is 9.47 Å². The normalized spacial score (nSPS) is 10.6. The predicted octanol–water partition coefficient (Wildman–Crippen LogP) is 3.36. The number of para-hydroxylation sites is 1. The van der Waals surface area contributed by atoms with Gasteiger partial charge in [-0.15, -0.1) is 0 Å². The molecule has 2 rings (SSSR count). The molecule has 2 aromatic carbocycles. The van der Waals surface area contributed by atoms with Gasteiger partial charge in [0.05, 0.1) is 6.61 Å². The maximum Gasteiger partial charge on any atom is 0.166 e. The summed E-state index contributed by atoms with van der Waals surface area (Å²) in [4.78, 5) is 0. The third kappa shape index (κ3) is 5.87. The van der Waals surface area contributed by atoms with Gasteiger partial charge >= 0.3 is 0 Å². The Kier molecular flexibility index (Phi) is 8.15. The Bertz CT molecular complexity index is 587. The molecule has 130 valence electrons. The highest BCUT2D eigenvalue weighted by molar-refractivity contribution is 5.46. The third-order valence-corrected chi connectivity index (χ3v) is 3.68. The molecule has 0 bridgehead atoms. The van der Waals surface area contributed by atoms with Crippen LogP contribution in [0.2, 0.25) is 0 Å². The molecule has 0 saturated carbocycles. The third-order valence-electron chi connectivity index (χ3n) is 3.68. The zero-order valence-electron chi connectivity index (χ0n) is 14.7. The van der Waals surface area contributed by atoms with Crippen molar-refractivity contribution in [3.05, 3.63) is 59.7 Å². The summed E-state index contributed by atoms with van der Waals surface area (Å²) in [6.07, 6.45) is 1.10. The molecule has 0 heterocycles. The van der Waals surface area contributed by atoms with E-state index >= 15 is 0 Å². The first kappa shape index (κ1) is 18.3. The van der Waals surface area contributed by atoms with E-state index in [-0.39, 0.29) is 0 Å². The molecule has 0 saturated heterocycles. The molecular formula is C20H28N2O2. The van der Waals surface area contributed by atoms with Crippen molar-refractivity contribution in [3.63, 3.8) is 0 Å². The van der Waals surface area contributed by atoms with Crippen LogP contribution in [0.25, 0.3) is 0 Å². The predicted molar refractivity (Wildman–Crippen MR) is 98.6 cm³/mol. The molecule has 0 amide bonds. The Morgan fingerprint density at radius 3 is 2.50 bits per heavy atom. The van der Waals surface area contributed by atoms with Crippen LogP contribution >= 0.6 is 0 Å². The van der Waals surface area contributed by atoms with Gasteiger partial charge in [0.2, 0.25) is 0 Å². The van der Waals surface area contributed by atoms with Gasteiger partial charge < -0.3 is 20.1 Å². The molecule has 0 aliphatic carbocycles. The second-order valence-corrected chi connectivity index (χ2v) is 5.59. The monoisotopic (exact) mass is 328 g/mol. The van der Waals surface area contributed by atoms with Crippen LogP contribution in [-0.2, 0) is 13.2 Å². The summed E-state index contributed by atoms with van der Waals surface area (Å²) in [6, 6.07) is 16.3. The molecule has 0 aliphatic heterocycles. The molecule has 4 heteroatoms. The highest BCUT2D eigenvalue weighted by Gasteiger charge is 2.11. The lowest BCUT2D eigenvalue weighted by atomic mass is 10.1. The van der Waals surface area contributed by atoms with Crippen LogP contribution in [-0.4, -0.2) is 26.7 Å². The minimum Gasteiger partial charge on any atom is -0.490 e. The lowest BCUT2D eigenvalue weighted by Gasteiger charge is -2.16. The highest BCUT2D eigenvalue weighted by atomic mass is 16.5. The van der Waals surface area contributed by atoms with Crippen molar-refractivity contribution in [2.24, 2.45) is 0 Å². The number of hydrogen-bond acceptors (Lipinski definition) is 4. The molecule has 0 atom stereocenters. The minimum absolute atomic E-state index is 0.539. The summed E-state index contributed by atoms with van der Waals surface area (Å²) in [5.41, 5.74) is 2.28. The zero-order valence-corrected chi connectivity index (χ0v) is 14.7. The Morgan fingerprint density at radius 1 is 0.917 bits per heavy atom. The first-order chi connectivity index (χ1) is 11.8. The molecule has 0 spiro atoms. The first-order valence-electron chi connectivity index (χ1n) is 8.62. The first-order valence-corrected chi connectivity index (χ1v) is 8.62. The summed E-state index contributed by atoms with van der Waals surface area (Å²) < 4.78 is 11.9. The lowest BCUT2D eigenvalue weighted by molar-refractivity contribution is 0.266. The average Bonchev–Trinajstić information content (AvgIpc) is 2.62. The van der Waals surface area contributed by atoms with E-state index in [1.807, 2.05) is 44.3 Å². The largest absolute Gasteiger partial charge is 0.490 e. The van der Waals surface area contributed by atoms with Crippen molar-refractivity contribution in [3.8, 4) is 11.5 Å². The summed E-state index contributed by atoms with van der Waals surface area (Å²) >= 11 is 0. The van der Waals surface area contributed by atoms with Crippen LogP contribution in [0.4, 0.5) is 0 Å². The summed E-state index contributed by atoms with van der Waals surface area (Å²) in [7, 11) is 1.97. The van der Waals surface area contributed by atoms with Crippen molar-refractivity contribution >= 4 is 0 Å². The maximum absolute atomic E-state index is 6.11. The fraction of sp³-hybridized carbons (Fsp3) is 0.400. The standard InChI is InChI=1S/C20H28N2O2/c1-3-23-19-12-7-11-18(15-22-14-8-13-21-2)20(19)24-16-17-9-5-4-6-10-17/h4-7,9-12,21-22H,3,8,13-16H2,1-2H3. The smallest absolute Gasteiger partial charge is 0.166 e. The Labute approximate surface area is 145 Å². The van der Waals surface area contributed by atoms with Gasteiger partial charge in [-0.05, 0) is 45.1 Å². The van der Waals surface area contributed by atoms with E-state index in [1.165, 1.54) is 0 Å². The lowest BCUT2D eigenvalue weighted by Crippen LogP contribution is -2.20. The number of rotatable bonds is 11. The Morgan fingerprint density at radius 2 is 1.75 bits per heavy atom. The second kappa shape index (κ2) is 10.7. The number of hydrogen-bond donors (Lipinski definition) is 2. The van der Waals surface area contributed by atoms with Crippen LogP contribution in [0, 0.1) is 0 Å². The van der Waals surface area contributed by atoms with E-state index in [1.54, 1.807) is 0 Å². The van der Waals surface area contributed by atoms with Gasteiger partial charge in [-0.25, -0.2) is 0 Å². The van der Waals surface area contributed by atoms with Crippen LogP contribution in [0.5, 0.6) is 11.5 Å². The number of ether oxygens (including phenoxy) is 2. The zero-order chi connectivity index (χ0) is 17.0. The molecule has 2 aromatic rings. The molecular weight excluding hydrogens is 300 g/mol. The van der Waals surface area contributed by atoms with Gasteiger partial charge in [-0.3, -0.25) is 0 Å². The van der Waals surface area contributed by atoms with Gasteiger partial charge in [0, 0.05) is 12.1 Å². The average molecular weight is 328 g/mol. The molecule has 4 nitrogen and oxygen atoms in total. The van der Waals surface area contributed by atoms with Crippen LogP contribution in [0.15, 0.2) is 48.5 Å². The van der Waals surface area contributed by atoms with Crippen LogP contribution in [0.1, 0.15) is 24.5 Å². The van der Waals surface area contributed by atoms with Gasteiger partial charge in [-0.2, -0.15) is 0 Å². The van der Waals surface area contributed by atoms with Gasteiger partial charge in [-0.1, -0.05) is 42.5 Å². The minimum atomic E-state index is 0.539. The summed E-state index contributed by atoms with van der Waals surface area (Å²) in [5, 5.41) is 6.63. The fourth-order valence-electron chi connectivity index (χ4n) is 2.48. The second-order valence-electron chi connectivity index (χ2n) is 5.59. The van der Waals surface area contributed by atoms with Crippen LogP contribution < -0.4 is 20.1 Å². The molecule has 2 N–H and O–H groups in total. The van der Waals surface area contributed by atoms with E-state index in [0.717, 1.165) is 48.7 Å². The maximum atomic E-state index is 6.11. The van der Waals surface area contributed by atoms with Crippen LogP contribution in [0.3, 0.4) is 0 Å². The van der Waals surface area contributed by atoms with E-state index in [0.29, 0.717) is 13.2 Å². The van der Waals surface area contributed by atoms with Crippen molar-refractivity contribution < 1.29 is 9.47 Å². The summed E-state index contributed by atoms with van der Waals surface area (Å²) in [6.45, 7) is 5.91. The Hall–Kier alpha value is -2.04. The van der Waals surface area contributed by atoms with E-state index in [9.17, 15) is 0 Å². The number of nitrogens with one attached hydrogen (secondary N) is 2. The van der Waals surface area contributed by atoms with Gasteiger partial charge in [0.15, 0.2) is 11.5 Å². The molecule has 0 fully saturated rings. The molecule has 0 aliphatic rings. The van der Waals surface area contributed by atoms with Crippen molar-refractivity contribution in [2.75, 3.05) is 26.7 Å². The molecule has 0 unspecified atom stereocenters. The van der Waals surface area contributed by atoms with Crippen molar-refractivity contribution in [1.29, 1.82) is 0 Å². The summed E-state index contributed by atoms with van der Waals surface area (Å²) in [5.74, 6) is 1.65.